The van der Waals surface area contributed by atoms with Crippen molar-refractivity contribution in [3.63, 3.8) is 0 Å². The topological polar surface area (TPSA) is 52.5 Å². The fraction of sp³-hybridized carbons (Fsp3) is 0.0909. The number of benzene rings is 1. The standard InChI is InChI=1S/C11H6F3N3S/c12-11(13,14)18-10-9(8(6-15)16-17-10)7-4-2-1-3-5-7/h1-5H,(H,16,17). The number of nitriles is 1. The maximum Gasteiger partial charge on any atom is 0.447 e. The number of hydrogen-bond donors (Lipinski definition) is 1. The molecule has 0 fully saturated rings. The van der Waals surface area contributed by atoms with Crippen molar-refractivity contribution in [1.82, 2.24) is 10.2 Å². The molecule has 1 N–H and O–H groups in total. The molecule has 0 atom stereocenters. The summed E-state index contributed by atoms with van der Waals surface area (Å²) in [5, 5.41) is 14.5. The number of hydrogen-bond acceptors (Lipinski definition) is 3. The third kappa shape index (κ3) is 2.65. The highest BCUT2D eigenvalue weighted by Gasteiger charge is 2.33. The zero-order valence-corrected chi connectivity index (χ0v) is 9.64. The molecule has 1 aromatic carbocycles. The summed E-state index contributed by atoms with van der Waals surface area (Å²) < 4.78 is 37.1. The summed E-state index contributed by atoms with van der Waals surface area (Å²) in [4.78, 5) is 0. The molecular weight excluding hydrogens is 263 g/mol. The van der Waals surface area contributed by atoms with Crippen molar-refractivity contribution in [1.29, 1.82) is 5.26 Å². The molecule has 0 amide bonds. The number of alkyl halides is 3. The van der Waals surface area contributed by atoms with E-state index in [-0.39, 0.29) is 28.0 Å². The molecule has 7 heteroatoms. The van der Waals surface area contributed by atoms with Gasteiger partial charge in [-0.1, -0.05) is 30.3 Å². The molecular formula is C11H6F3N3S. The van der Waals surface area contributed by atoms with Crippen LogP contribution in [0.1, 0.15) is 5.69 Å². The predicted octanol–water partition coefficient (Wildman–Crippen LogP) is 3.56. The van der Waals surface area contributed by atoms with Gasteiger partial charge in [0.2, 0.25) is 0 Å². The average molecular weight is 269 g/mol. The van der Waals surface area contributed by atoms with Gasteiger partial charge in [0, 0.05) is 11.8 Å². The van der Waals surface area contributed by atoms with Crippen molar-refractivity contribution in [3.05, 3.63) is 36.0 Å². The van der Waals surface area contributed by atoms with Gasteiger partial charge in [0.25, 0.3) is 0 Å². The van der Waals surface area contributed by atoms with Crippen LogP contribution in [0, 0.1) is 11.3 Å². The lowest BCUT2D eigenvalue weighted by Gasteiger charge is -2.05. The maximum atomic E-state index is 12.4. The van der Waals surface area contributed by atoms with E-state index in [0.29, 0.717) is 5.56 Å². The van der Waals surface area contributed by atoms with Crippen molar-refractivity contribution >= 4 is 11.8 Å². The number of aromatic amines is 1. The fourth-order valence-corrected chi connectivity index (χ4v) is 2.09. The van der Waals surface area contributed by atoms with Gasteiger partial charge < -0.3 is 0 Å². The number of aromatic nitrogens is 2. The van der Waals surface area contributed by atoms with Crippen LogP contribution in [0.4, 0.5) is 13.2 Å². The molecule has 0 aliphatic heterocycles. The van der Waals surface area contributed by atoms with Crippen LogP contribution in [-0.4, -0.2) is 15.7 Å². The first-order chi connectivity index (χ1) is 8.51. The minimum Gasteiger partial charge on any atom is -0.266 e. The fourth-order valence-electron chi connectivity index (χ4n) is 1.46. The lowest BCUT2D eigenvalue weighted by molar-refractivity contribution is -0.0329. The molecule has 2 rings (SSSR count). The zero-order valence-electron chi connectivity index (χ0n) is 8.82. The maximum absolute atomic E-state index is 12.4. The molecule has 92 valence electrons. The van der Waals surface area contributed by atoms with Crippen LogP contribution in [0.2, 0.25) is 0 Å². The van der Waals surface area contributed by atoms with Crippen molar-refractivity contribution < 1.29 is 13.2 Å². The molecule has 0 aliphatic carbocycles. The van der Waals surface area contributed by atoms with E-state index in [1.807, 2.05) is 0 Å². The van der Waals surface area contributed by atoms with Gasteiger partial charge in [0.15, 0.2) is 0 Å². The predicted molar refractivity (Wildman–Crippen MR) is 60.7 cm³/mol. The Balaban J connectivity index is 2.51. The van der Waals surface area contributed by atoms with E-state index in [2.05, 4.69) is 10.2 Å². The van der Waals surface area contributed by atoms with Gasteiger partial charge >= 0.3 is 5.51 Å². The van der Waals surface area contributed by atoms with E-state index < -0.39 is 5.51 Å². The molecule has 2 aromatic rings. The summed E-state index contributed by atoms with van der Waals surface area (Å²) >= 11 is -0.335. The molecule has 18 heavy (non-hydrogen) atoms. The summed E-state index contributed by atoms with van der Waals surface area (Å²) in [6.07, 6.45) is 0. The Kier molecular flexibility index (Phi) is 3.30. The molecule has 1 aromatic heterocycles. The van der Waals surface area contributed by atoms with E-state index in [9.17, 15) is 13.2 Å². The number of H-pyrrole nitrogens is 1. The molecule has 0 spiro atoms. The Morgan fingerprint density at radius 2 is 1.89 bits per heavy atom. The first-order valence-electron chi connectivity index (χ1n) is 4.81. The molecule has 0 saturated heterocycles. The molecule has 0 saturated carbocycles. The van der Waals surface area contributed by atoms with E-state index >= 15 is 0 Å². The third-order valence-electron chi connectivity index (χ3n) is 2.12. The molecule has 0 bridgehead atoms. The lowest BCUT2D eigenvalue weighted by Crippen LogP contribution is -2.00. The summed E-state index contributed by atoms with van der Waals surface area (Å²) in [6, 6.07) is 10.2. The quantitative estimate of drug-likeness (QED) is 0.848. The molecule has 0 unspecified atom stereocenters. The molecule has 3 nitrogen and oxygen atoms in total. The number of rotatable bonds is 2. The monoisotopic (exact) mass is 269 g/mol. The van der Waals surface area contributed by atoms with Gasteiger partial charge in [-0.25, -0.2) is 0 Å². The second kappa shape index (κ2) is 4.74. The van der Waals surface area contributed by atoms with Gasteiger partial charge in [0.05, 0.1) is 5.56 Å². The number of thioether (sulfide) groups is 1. The molecule has 1 heterocycles. The second-order valence-corrected chi connectivity index (χ2v) is 4.36. The highest BCUT2D eigenvalue weighted by atomic mass is 32.2. The Bertz CT molecular complexity index is 584. The van der Waals surface area contributed by atoms with E-state index in [0.717, 1.165) is 0 Å². The van der Waals surface area contributed by atoms with Crippen LogP contribution in [0.3, 0.4) is 0 Å². The van der Waals surface area contributed by atoms with Gasteiger partial charge in [-0.15, -0.1) is 0 Å². The molecule has 0 radical (unpaired) electrons. The molecule has 0 aliphatic rings. The van der Waals surface area contributed by atoms with Crippen LogP contribution < -0.4 is 0 Å². The summed E-state index contributed by atoms with van der Waals surface area (Å²) in [6.45, 7) is 0. The van der Waals surface area contributed by atoms with Crippen LogP contribution in [0.25, 0.3) is 11.1 Å². The third-order valence-corrected chi connectivity index (χ3v) is 2.84. The summed E-state index contributed by atoms with van der Waals surface area (Å²) in [7, 11) is 0. The lowest BCUT2D eigenvalue weighted by atomic mass is 10.1. The number of nitrogens with zero attached hydrogens (tertiary/aromatic N) is 2. The van der Waals surface area contributed by atoms with Crippen molar-refractivity contribution in [3.8, 4) is 17.2 Å². The smallest absolute Gasteiger partial charge is 0.266 e. The summed E-state index contributed by atoms with van der Waals surface area (Å²) in [5.74, 6) is 0. The van der Waals surface area contributed by atoms with Gasteiger partial charge in [0.1, 0.15) is 16.8 Å². The van der Waals surface area contributed by atoms with E-state index in [1.54, 1.807) is 36.4 Å². The van der Waals surface area contributed by atoms with Crippen molar-refractivity contribution in [2.45, 2.75) is 10.5 Å². The zero-order chi connectivity index (χ0) is 13.2. The highest BCUT2D eigenvalue weighted by Crippen LogP contribution is 2.41. The first kappa shape index (κ1) is 12.5. The number of halogens is 3. The van der Waals surface area contributed by atoms with E-state index in [1.165, 1.54) is 0 Å². The van der Waals surface area contributed by atoms with Crippen LogP contribution in [0.5, 0.6) is 0 Å². The Labute approximate surface area is 105 Å². The van der Waals surface area contributed by atoms with Gasteiger partial charge in [-0.3, -0.25) is 5.10 Å². The highest BCUT2D eigenvalue weighted by molar-refractivity contribution is 8.00. The van der Waals surface area contributed by atoms with Crippen molar-refractivity contribution in [2.24, 2.45) is 0 Å². The number of nitrogens with one attached hydrogen (secondary N) is 1. The van der Waals surface area contributed by atoms with Gasteiger partial charge in [-0.05, 0) is 5.56 Å². The Morgan fingerprint density at radius 1 is 1.22 bits per heavy atom. The van der Waals surface area contributed by atoms with Gasteiger partial charge in [-0.2, -0.15) is 23.5 Å². The Morgan fingerprint density at radius 3 is 2.44 bits per heavy atom. The van der Waals surface area contributed by atoms with Crippen LogP contribution >= 0.6 is 11.8 Å². The van der Waals surface area contributed by atoms with Crippen LogP contribution in [0.15, 0.2) is 35.4 Å². The average Bonchev–Trinajstić information content (AvgIpc) is 2.70. The minimum absolute atomic E-state index is 0.0212. The SMILES string of the molecule is N#Cc1[nH]nc(SC(F)(F)F)c1-c1ccccc1. The van der Waals surface area contributed by atoms with Crippen molar-refractivity contribution in [2.75, 3.05) is 0 Å². The summed E-state index contributed by atoms with van der Waals surface area (Å²) in [5.41, 5.74) is -3.71. The Hall–Kier alpha value is -1.94. The minimum atomic E-state index is -4.44. The second-order valence-electron chi connectivity index (χ2n) is 3.30. The first-order valence-corrected chi connectivity index (χ1v) is 5.62. The largest absolute Gasteiger partial charge is 0.447 e. The van der Waals surface area contributed by atoms with Crippen LogP contribution in [-0.2, 0) is 0 Å². The normalized spacial score (nSPS) is 11.2. The van der Waals surface area contributed by atoms with E-state index in [4.69, 9.17) is 5.26 Å².